The van der Waals surface area contributed by atoms with Crippen LogP contribution in [0.15, 0.2) is 66.7 Å². The zero-order valence-corrected chi connectivity index (χ0v) is 17.6. The molecule has 0 unspecified atom stereocenters. The summed E-state index contributed by atoms with van der Waals surface area (Å²) in [6.45, 7) is 4.28. The highest BCUT2D eigenvalue weighted by atomic mass is 16.2. The number of nitrogens with one attached hydrogen (secondary N) is 1. The highest BCUT2D eigenvalue weighted by Crippen LogP contribution is 2.36. The van der Waals surface area contributed by atoms with Crippen LogP contribution in [-0.2, 0) is 4.79 Å². The van der Waals surface area contributed by atoms with E-state index >= 15 is 0 Å². The summed E-state index contributed by atoms with van der Waals surface area (Å²) in [5.74, 6) is -0.575. The normalized spacial score (nSPS) is 11.6. The second-order valence-corrected chi connectivity index (χ2v) is 7.72. The number of amides is 2. The van der Waals surface area contributed by atoms with Gasteiger partial charge in [0.15, 0.2) is 5.78 Å². The molecule has 1 aliphatic rings. The molecular formula is C26H24N2O3. The summed E-state index contributed by atoms with van der Waals surface area (Å²) in [5, 5.41) is 2.88. The van der Waals surface area contributed by atoms with Crippen molar-refractivity contribution in [2.75, 3.05) is 18.4 Å². The lowest BCUT2D eigenvalue weighted by Gasteiger charge is -2.22. The molecule has 0 aromatic heterocycles. The van der Waals surface area contributed by atoms with Crippen LogP contribution in [0.2, 0.25) is 0 Å². The Morgan fingerprint density at radius 2 is 1.55 bits per heavy atom. The molecule has 3 aromatic carbocycles. The molecule has 0 radical (unpaired) electrons. The fraction of sp³-hybridized carbons (Fsp3) is 0.192. The summed E-state index contributed by atoms with van der Waals surface area (Å²) >= 11 is 0. The molecule has 31 heavy (non-hydrogen) atoms. The fourth-order valence-corrected chi connectivity index (χ4v) is 3.94. The Morgan fingerprint density at radius 3 is 2.29 bits per heavy atom. The highest BCUT2D eigenvalue weighted by molar-refractivity contribution is 6.22. The summed E-state index contributed by atoms with van der Waals surface area (Å²) < 4.78 is 0. The van der Waals surface area contributed by atoms with Gasteiger partial charge in [-0.05, 0) is 48.2 Å². The maximum absolute atomic E-state index is 13.2. The molecule has 5 nitrogen and oxygen atoms in total. The minimum Gasteiger partial charge on any atom is -0.329 e. The Labute approximate surface area is 181 Å². The van der Waals surface area contributed by atoms with Gasteiger partial charge in [0.1, 0.15) is 6.54 Å². The predicted molar refractivity (Wildman–Crippen MR) is 121 cm³/mol. The van der Waals surface area contributed by atoms with Gasteiger partial charge in [0.05, 0.1) is 0 Å². The van der Waals surface area contributed by atoms with Gasteiger partial charge in [0.25, 0.3) is 5.91 Å². The number of hydrogen-bond acceptors (Lipinski definition) is 3. The molecule has 0 bridgehead atoms. The van der Waals surface area contributed by atoms with Crippen LogP contribution < -0.4 is 5.32 Å². The van der Waals surface area contributed by atoms with Crippen LogP contribution in [0, 0.1) is 6.92 Å². The van der Waals surface area contributed by atoms with Gasteiger partial charge in [-0.15, -0.1) is 0 Å². The van der Waals surface area contributed by atoms with Crippen molar-refractivity contribution in [3.8, 4) is 11.1 Å². The number of carbonyl (C=O) groups is 3. The summed E-state index contributed by atoms with van der Waals surface area (Å²) in [7, 11) is 0. The van der Waals surface area contributed by atoms with Crippen molar-refractivity contribution in [1.29, 1.82) is 0 Å². The summed E-state index contributed by atoms with van der Waals surface area (Å²) in [6, 6.07) is 20.2. The number of aryl methyl sites for hydroxylation is 1. The van der Waals surface area contributed by atoms with Crippen LogP contribution >= 0.6 is 0 Å². The van der Waals surface area contributed by atoms with Gasteiger partial charge in [-0.2, -0.15) is 0 Å². The predicted octanol–water partition coefficient (Wildman–Crippen LogP) is 4.70. The number of benzene rings is 3. The quantitative estimate of drug-likeness (QED) is 0.499. The van der Waals surface area contributed by atoms with Gasteiger partial charge in [-0.25, -0.2) is 0 Å². The van der Waals surface area contributed by atoms with E-state index < -0.39 is 0 Å². The fourth-order valence-electron chi connectivity index (χ4n) is 3.94. The molecule has 4 rings (SSSR count). The minimum atomic E-state index is -0.256. The van der Waals surface area contributed by atoms with Crippen molar-refractivity contribution in [3.05, 3.63) is 89.0 Å². The summed E-state index contributed by atoms with van der Waals surface area (Å²) in [4.78, 5) is 40.1. The number of carbonyl (C=O) groups excluding carboxylic acids is 3. The lowest BCUT2D eigenvalue weighted by Crippen LogP contribution is -2.38. The smallest absolute Gasteiger partial charge is 0.254 e. The highest BCUT2D eigenvalue weighted by Gasteiger charge is 2.28. The van der Waals surface area contributed by atoms with Crippen LogP contribution in [0.1, 0.15) is 45.2 Å². The number of para-hydroxylation sites is 1. The Kier molecular flexibility index (Phi) is 5.67. The molecule has 5 heteroatoms. The molecule has 1 N–H and O–H groups in total. The monoisotopic (exact) mass is 412 g/mol. The van der Waals surface area contributed by atoms with E-state index in [0.29, 0.717) is 23.2 Å². The second-order valence-electron chi connectivity index (χ2n) is 7.72. The maximum atomic E-state index is 13.2. The Balaban J connectivity index is 1.55. The standard InChI is InChI=1S/C26H24N2O3/c1-3-14-28(16-24(29)27-23-11-7-4-8-17(23)2)26(31)18-12-13-20-19-9-5-6-10-21(19)25(30)22(20)15-18/h4-13,15H,3,14,16H2,1-2H3,(H,27,29). The third-order valence-corrected chi connectivity index (χ3v) is 5.51. The van der Waals surface area contributed by atoms with Gasteiger partial charge in [-0.3, -0.25) is 14.4 Å². The average molecular weight is 412 g/mol. The van der Waals surface area contributed by atoms with Crippen molar-refractivity contribution in [2.45, 2.75) is 20.3 Å². The molecule has 3 aromatic rings. The first-order chi connectivity index (χ1) is 15.0. The second kappa shape index (κ2) is 8.56. The van der Waals surface area contributed by atoms with E-state index in [1.807, 2.05) is 62.4 Å². The molecule has 0 spiro atoms. The number of ketones is 1. The Bertz CT molecular complexity index is 1180. The molecule has 0 saturated carbocycles. The van der Waals surface area contributed by atoms with E-state index in [2.05, 4.69) is 5.32 Å². The van der Waals surface area contributed by atoms with Gasteiger partial charge >= 0.3 is 0 Å². The van der Waals surface area contributed by atoms with Crippen LogP contribution in [0.3, 0.4) is 0 Å². The number of anilines is 1. The lowest BCUT2D eigenvalue weighted by atomic mass is 10.0. The third-order valence-electron chi connectivity index (χ3n) is 5.51. The van der Waals surface area contributed by atoms with Crippen LogP contribution in [0.4, 0.5) is 5.69 Å². The number of hydrogen-bond donors (Lipinski definition) is 1. The molecule has 0 atom stereocenters. The molecule has 0 aliphatic heterocycles. The van der Waals surface area contributed by atoms with E-state index in [0.717, 1.165) is 28.8 Å². The molecule has 0 heterocycles. The third kappa shape index (κ3) is 3.99. The van der Waals surface area contributed by atoms with Gasteiger partial charge < -0.3 is 10.2 Å². The SMILES string of the molecule is CCCN(CC(=O)Nc1ccccc1C)C(=O)c1ccc2c(c1)C(=O)c1ccccc1-2. The molecular weight excluding hydrogens is 388 g/mol. The first-order valence-electron chi connectivity index (χ1n) is 10.4. The zero-order valence-electron chi connectivity index (χ0n) is 17.6. The number of nitrogens with zero attached hydrogens (tertiary/aromatic N) is 1. The number of fused-ring (bicyclic) bond motifs is 3. The largest absolute Gasteiger partial charge is 0.329 e. The first-order valence-corrected chi connectivity index (χ1v) is 10.4. The summed E-state index contributed by atoms with van der Waals surface area (Å²) in [5.41, 5.74) is 5.04. The topological polar surface area (TPSA) is 66.5 Å². The molecule has 0 fully saturated rings. The van der Waals surface area contributed by atoms with Crippen LogP contribution in [0.5, 0.6) is 0 Å². The van der Waals surface area contributed by atoms with Crippen molar-refractivity contribution in [2.24, 2.45) is 0 Å². The average Bonchev–Trinajstić information content (AvgIpc) is 3.06. The molecule has 1 aliphatic carbocycles. The van der Waals surface area contributed by atoms with Gasteiger partial charge in [0, 0.05) is 28.9 Å². The number of rotatable bonds is 6. The van der Waals surface area contributed by atoms with E-state index in [1.165, 1.54) is 4.90 Å². The Morgan fingerprint density at radius 1 is 0.871 bits per heavy atom. The molecule has 2 amide bonds. The van der Waals surface area contributed by atoms with E-state index in [9.17, 15) is 14.4 Å². The lowest BCUT2D eigenvalue weighted by molar-refractivity contribution is -0.116. The Hall–Kier alpha value is -3.73. The molecule has 156 valence electrons. The minimum absolute atomic E-state index is 0.0493. The van der Waals surface area contributed by atoms with Gasteiger partial charge in [0.2, 0.25) is 5.91 Å². The van der Waals surface area contributed by atoms with Crippen molar-refractivity contribution in [3.63, 3.8) is 0 Å². The van der Waals surface area contributed by atoms with Gasteiger partial charge in [-0.1, -0.05) is 55.5 Å². The zero-order chi connectivity index (χ0) is 22.0. The van der Waals surface area contributed by atoms with Crippen molar-refractivity contribution < 1.29 is 14.4 Å². The van der Waals surface area contributed by atoms with Crippen LogP contribution in [-0.4, -0.2) is 35.6 Å². The van der Waals surface area contributed by atoms with Crippen molar-refractivity contribution in [1.82, 2.24) is 4.90 Å². The van der Waals surface area contributed by atoms with E-state index in [1.54, 1.807) is 18.2 Å². The van der Waals surface area contributed by atoms with E-state index in [-0.39, 0.29) is 24.1 Å². The maximum Gasteiger partial charge on any atom is 0.254 e. The summed E-state index contributed by atoms with van der Waals surface area (Å²) in [6.07, 6.45) is 0.721. The molecule has 0 saturated heterocycles. The van der Waals surface area contributed by atoms with Crippen molar-refractivity contribution >= 4 is 23.3 Å². The first kappa shape index (κ1) is 20.5. The van der Waals surface area contributed by atoms with E-state index in [4.69, 9.17) is 0 Å². The van der Waals surface area contributed by atoms with Crippen LogP contribution in [0.25, 0.3) is 11.1 Å².